The lowest BCUT2D eigenvalue weighted by molar-refractivity contribution is -0.0381. The predicted molar refractivity (Wildman–Crippen MR) is 85.8 cm³/mol. The molecule has 0 saturated carbocycles. The molecule has 5 nitrogen and oxygen atoms in total. The lowest BCUT2D eigenvalue weighted by atomic mass is 10.2. The van der Waals surface area contributed by atoms with Crippen molar-refractivity contribution in [2.24, 2.45) is 0 Å². The Balaban J connectivity index is 1.47. The molecule has 3 rings (SSSR count). The van der Waals surface area contributed by atoms with Crippen molar-refractivity contribution in [3.05, 3.63) is 48.0 Å². The van der Waals surface area contributed by atoms with Crippen LogP contribution in [0.3, 0.4) is 0 Å². The van der Waals surface area contributed by atoms with Gasteiger partial charge in [-0.1, -0.05) is 42.5 Å². The van der Waals surface area contributed by atoms with E-state index >= 15 is 0 Å². The highest BCUT2D eigenvalue weighted by Crippen LogP contribution is 2.20. The zero-order chi connectivity index (χ0) is 15.9. The minimum Gasteiger partial charge on any atom is -0.445 e. The quantitative estimate of drug-likeness (QED) is 0.783. The summed E-state index contributed by atoms with van der Waals surface area (Å²) in [5.74, 6) is 0. The minimum atomic E-state index is -0.241. The lowest BCUT2D eigenvalue weighted by Crippen LogP contribution is -2.34. The predicted octanol–water partition coefficient (Wildman–Crippen LogP) is 3.11. The minimum absolute atomic E-state index is 0.111. The van der Waals surface area contributed by atoms with Crippen LogP contribution in [0.1, 0.15) is 24.8 Å². The van der Waals surface area contributed by atoms with E-state index < -0.39 is 0 Å². The van der Waals surface area contributed by atoms with Crippen LogP contribution in [0, 0.1) is 0 Å². The van der Waals surface area contributed by atoms with Crippen LogP contribution in [0.15, 0.2) is 42.5 Å². The number of likely N-dealkylation sites (tertiary alicyclic amines) is 1. The summed E-state index contributed by atoms with van der Waals surface area (Å²) in [4.78, 5) is 14.1. The number of amides is 1. The number of benzene rings is 1. The van der Waals surface area contributed by atoms with Crippen LogP contribution in [0.2, 0.25) is 0 Å². The molecule has 2 saturated heterocycles. The van der Waals surface area contributed by atoms with Gasteiger partial charge in [-0.3, -0.25) is 0 Å². The summed E-state index contributed by atoms with van der Waals surface area (Å²) in [6, 6.07) is 9.85. The van der Waals surface area contributed by atoms with Gasteiger partial charge in [-0.15, -0.1) is 0 Å². The Hall–Kier alpha value is -1.85. The third kappa shape index (κ3) is 4.56. The Morgan fingerprint density at radius 1 is 1.26 bits per heavy atom. The van der Waals surface area contributed by atoms with E-state index in [1.54, 1.807) is 4.90 Å². The van der Waals surface area contributed by atoms with Gasteiger partial charge in [0.05, 0.1) is 19.3 Å². The summed E-state index contributed by atoms with van der Waals surface area (Å²) < 4.78 is 16.2. The molecule has 2 fully saturated rings. The maximum Gasteiger partial charge on any atom is 0.410 e. The molecule has 2 heterocycles. The Labute approximate surface area is 136 Å². The third-order valence-corrected chi connectivity index (χ3v) is 4.12. The van der Waals surface area contributed by atoms with Gasteiger partial charge in [0.25, 0.3) is 0 Å². The van der Waals surface area contributed by atoms with Crippen molar-refractivity contribution in [3.63, 3.8) is 0 Å². The van der Waals surface area contributed by atoms with E-state index in [2.05, 4.69) is 6.08 Å². The first-order valence-corrected chi connectivity index (χ1v) is 8.20. The van der Waals surface area contributed by atoms with Crippen LogP contribution in [0.5, 0.6) is 0 Å². The molecule has 0 spiro atoms. The number of hydrogen-bond acceptors (Lipinski definition) is 4. The van der Waals surface area contributed by atoms with E-state index in [1.807, 2.05) is 36.4 Å². The summed E-state index contributed by atoms with van der Waals surface area (Å²) in [6.45, 7) is 2.40. The Kier molecular flexibility index (Phi) is 5.66. The molecule has 2 aliphatic heterocycles. The molecule has 124 valence electrons. The van der Waals surface area contributed by atoms with Crippen molar-refractivity contribution in [2.45, 2.75) is 38.2 Å². The van der Waals surface area contributed by atoms with Gasteiger partial charge in [0.1, 0.15) is 6.61 Å². The van der Waals surface area contributed by atoms with Crippen molar-refractivity contribution < 1.29 is 19.0 Å². The molecular weight excluding hydrogens is 294 g/mol. The molecule has 0 N–H and O–H groups in total. The smallest absolute Gasteiger partial charge is 0.410 e. The van der Waals surface area contributed by atoms with Crippen LogP contribution >= 0.6 is 0 Å². The molecule has 1 amide bonds. The third-order valence-electron chi connectivity index (χ3n) is 4.12. The summed E-state index contributed by atoms with van der Waals surface area (Å²) in [7, 11) is 0. The normalized spacial score (nSPS) is 22.1. The zero-order valence-corrected chi connectivity index (χ0v) is 13.2. The average molecular weight is 317 g/mol. The molecule has 1 unspecified atom stereocenters. The van der Waals surface area contributed by atoms with Gasteiger partial charge in [0.2, 0.25) is 0 Å². The number of ether oxygens (including phenoxy) is 3. The van der Waals surface area contributed by atoms with Crippen LogP contribution in [-0.4, -0.2) is 43.1 Å². The maximum atomic E-state index is 12.3. The average Bonchev–Trinajstić information content (AvgIpc) is 3.25. The fourth-order valence-corrected chi connectivity index (χ4v) is 2.91. The van der Waals surface area contributed by atoms with Crippen molar-refractivity contribution in [2.75, 3.05) is 19.8 Å². The monoisotopic (exact) mass is 317 g/mol. The second-order valence-corrected chi connectivity index (χ2v) is 5.78. The Bertz CT molecular complexity index is 525. The highest BCUT2D eigenvalue weighted by atomic mass is 16.7. The number of rotatable bonds is 5. The number of nitrogens with zero attached hydrogens (tertiary/aromatic N) is 1. The molecule has 1 aromatic carbocycles. The van der Waals surface area contributed by atoms with Gasteiger partial charge in [-0.2, -0.15) is 0 Å². The maximum absolute atomic E-state index is 12.3. The molecule has 0 aromatic heterocycles. The highest BCUT2D eigenvalue weighted by Gasteiger charge is 2.28. The fraction of sp³-hybridized carbons (Fsp3) is 0.500. The first kappa shape index (κ1) is 16.0. The van der Waals surface area contributed by atoms with Gasteiger partial charge in [-0.25, -0.2) is 4.79 Å². The number of hydrogen-bond donors (Lipinski definition) is 0. The highest BCUT2D eigenvalue weighted by molar-refractivity contribution is 5.68. The fourth-order valence-electron chi connectivity index (χ4n) is 2.91. The van der Waals surface area contributed by atoms with Crippen LogP contribution in [0.25, 0.3) is 0 Å². The van der Waals surface area contributed by atoms with Crippen molar-refractivity contribution >= 4 is 6.09 Å². The van der Waals surface area contributed by atoms with E-state index in [0.717, 1.165) is 31.4 Å². The van der Waals surface area contributed by atoms with E-state index in [-0.39, 0.29) is 18.4 Å². The largest absolute Gasteiger partial charge is 0.445 e. The zero-order valence-electron chi connectivity index (χ0n) is 13.2. The van der Waals surface area contributed by atoms with Crippen LogP contribution < -0.4 is 0 Å². The summed E-state index contributed by atoms with van der Waals surface area (Å²) in [5, 5.41) is 0. The SMILES string of the molecule is O=C(OCc1ccccc1)N1CCCC1C=CCC1OCCO1. The molecule has 1 atom stereocenters. The standard InChI is InChI=1S/C18H23NO4/c20-18(23-14-15-6-2-1-3-7-15)19-11-5-9-16(19)8-4-10-17-21-12-13-22-17/h1-4,6-8,16-17H,5,9-14H2. The summed E-state index contributed by atoms with van der Waals surface area (Å²) >= 11 is 0. The van der Waals surface area contributed by atoms with E-state index in [9.17, 15) is 4.79 Å². The number of carbonyl (C=O) groups excluding carboxylic acids is 1. The van der Waals surface area contributed by atoms with Gasteiger partial charge in [0.15, 0.2) is 6.29 Å². The lowest BCUT2D eigenvalue weighted by Gasteiger charge is -2.21. The summed E-state index contributed by atoms with van der Waals surface area (Å²) in [5.41, 5.74) is 1.00. The topological polar surface area (TPSA) is 48.0 Å². The molecule has 0 bridgehead atoms. The second-order valence-electron chi connectivity index (χ2n) is 5.78. The Morgan fingerprint density at radius 3 is 2.83 bits per heavy atom. The molecule has 1 aromatic rings. The molecule has 5 heteroatoms. The molecule has 2 aliphatic rings. The van der Waals surface area contributed by atoms with Gasteiger partial charge < -0.3 is 19.1 Å². The number of carbonyl (C=O) groups is 1. The Morgan fingerprint density at radius 2 is 2.04 bits per heavy atom. The van der Waals surface area contributed by atoms with Gasteiger partial charge >= 0.3 is 6.09 Å². The molecule has 0 aliphatic carbocycles. The molecular formula is C18H23NO4. The van der Waals surface area contributed by atoms with E-state index in [1.165, 1.54) is 0 Å². The van der Waals surface area contributed by atoms with Crippen LogP contribution in [-0.2, 0) is 20.8 Å². The molecule has 23 heavy (non-hydrogen) atoms. The first-order chi connectivity index (χ1) is 11.3. The van der Waals surface area contributed by atoms with Crippen LogP contribution in [0.4, 0.5) is 4.79 Å². The first-order valence-electron chi connectivity index (χ1n) is 8.20. The summed E-state index contributed by atoms with van der Waals surface area (Å²) in [6.07, 6.45) is 6.45. The second kappa shape index (κ2) is 8.13. The van der Waals surface area contributed by atoms with Gasteiger partial charge in [0, 0.05) is 13.0 Å². The molecule has 0 radical (unpaired) electrons. The van der Waals surface area contributed by atoms with Crippen molar-refractivity contribution in [1.82, 2.24) is 4.90 Å². The van der Waals surface area contributed by atoms with Crippen molar-refractivity contribution in [3.8, 4) is 0 Å². The van der Waals surface area contributed by atoms with Gasteiger partial charge in [-0.05, 0) is 18.4 Å². The van der Waals surface area contributed by atoms with E-state index in [0.29, 0.717) is 19.8 Å². The van der Waals surface area contributed by atoms with Crippen molar-refractivity contribution in [1.29, 1.82) is 0 Å². The van der Waals surface area contributed by atoms with E-state index in [4.69, 9.17) is 14.2 Å².